The SMILES string of the molecule is CC(=O)NCCCCCC(=O)NS(=O)(=O)c1ccc(C)cc1C. The van der Waals surface area contributed by atoms with E-state index in [0.29, 0.717) is 18.5 Å². The third kappa shape index (κ3) is 6.81. The van der Waals surface area contributed by atoms with Crippen molar-refractivity contribution in [2.24, 2.45) is 0 Å². The summed E-state index contributed by atoms with van der Waals surface area (Å²) < 4.78 is 26.5. The van der Waals surface area contributed by atoms with Gasteiger partial charge in [-0.05, 0) is 38.3 Å². The summed E-state index contributed by atoms with van der Waals surface area (Å²) in [5, 5.41) is 2.67. The summed E-state index contributed by atoms with van der Waals surface area (Å²) in [6.45, 7) is 5.60. The zero-order chi connectivity index (χ0) is 17.5. The van der Waals surface area contributed by atoms with Crippen LogP contribution in [0, 0.1) is 13.8 Å². The van der Waals surface area contributed by atoms with Crippen LogP contribution in [-0.4, -0.2) is 26.8 Å². The van der Waals surface area contributed by atoms with Gasteiger partial charge < -0.3 is 5.32 Å². The second-order valence-corrected chi connectivity index (χ2v) is 7.24. The molecule has 0 saturated carbocycles. The van der Waals surface area contributed by atoms with Crippen LogP contribution in [0.2, 0.25) is 0 Å². The molecule has 0 atom stereocenters. The minimum atomic E-state index is -3.82. The summed E-state index contributed by atoms with van der Waals surface area (Å²) in [5.74, 6) is -0.591. The zero-order valence-electron chi connectivity index (χ0n) is 13.8. The van der Waals surface area contributed by atoms with Gasteiger partial charge in [0.15, 0.2) is 0 Å². The van der Waals surface area contributed by atoms with Crippen LogP contribution >= 0.6 is 0 Å². The maximum Gasteiger partial charge on any atom is 0.264 e. The smallest absolute Gasteiger partial charge is 0.264 e. The number of amides is 2. The second kappa shape index (κ2) is 8.67. The van der Waals surface area contributed by atoms with E-state index in [1.165, 1.54) is 13.0 Å². The monoisotopic (exact) mass is 340 g/mol. The Bertz CT molecular complexity index is 669. The predicted molar refractivity (Wildman–Crippen MR) is 88.4 cm³/mol. The summed E-state index contributed by atoms with van der Waals surface area (Å²) in [6.07, 6.45) is 2.23. The van der Waals surface area contributed by atoms with E-state index in [9.17, 15) is 18.0 Å². The molecule has 0 fully saturated rings. The molecule has 0 radical (unpaired) electrons. The molecule has 0 aliphatic heterocycles. The van der Waals surface area contributed by atoms with Crippen molar-refractivity contribution in [2.45, 2.75) is 51.3 Å². The molecule has 7 heteroatoms. The molecule has 2 N–H and O–H groups in total. The van der Waals surface area contributed by atoms with Crippen LogP contribution in [0.1, 0.15) is 43.7 Å². The molecule has 128 valence electrons. The molecular formula is C16H24N2O4S. The van der Waals surface area contributed by atoms with Gasteiger partial charge in [-0.25, -0.2) is 13.1 Å². The number of carbonyl (C=O) groups is 2. The number of hydrogen-bond acceptors (Lipinski definition) is 4. The average molecular weight is 340 g/mol. The van der Waals surface area contributed by atoms with Gasteiger partial charge in [-0.2, -0.15) is 0 Å². The molecule has 1 aromatic carbocycles. The highest BCUT2D eigenvalue weighted by molar-refractivity contribution is 7.90. The highest BCUT2D eigenvalue weighted by Crippen LogP contribution is 2.16. The Morgan fingerprint density at radius 1 is 1.09 bits per heavy atom. The predicted octanol–water partition coefficient (Wildman–Crippen LogP) is 1.80. The molecule has 0 aliphatic rings. The first-order chi connectivity index (χ1) is 10.7. The minimum absolute atomic E-state index is 0.0812. The summed E-state index contributed by atoms with van der Waals surface area (Å²) >= 11 is 0. The van der Waals surface area contributed by atoms with Gasteiger partial charge in [0.25, 0.3) is 10.0 Å². The number of aryl methyl sites for hydroxylation is 2. The standard InChI is InChI=1S/C16H24N2O4S/c1-12-8-9-15(13(2)11-12)23(21,22)18-16(20)7-5-4-6-10-17-14(3)19/h8-9,11H,4-7,10H2,1-3H3,(H,17,19)(H,18,20). The Labute approximate surface area is 137 Å². The fraction of sp³-hybridized carbons (Fsp3) is 0.500. The molecular weight excluding hydrogens is 316 g/mol. The number of sulfonamides is 1. The molecule has 0 saturated heterocycles. The van der Waals surface area contributed by atoms with Gasteiger partial charge in [0.2, 0.25) is 11.8 Å². The molecule has 6 nitrogen and oxygen atoms in total. The number of nitrogens with one attached hydrogen (secondary N) is 2. The van der Waals surface area contributed by atoms with E-state index in [1.54, 1.807) is 19.1 Å². The Morgan fingerprint density at radius 3 is 2.39 bits per heavy atom. The molecule has 0 spiro atoms. The Balaban J connectivity index is 2.45. The van der Waals surface area contributed by atoms with Crippen molar-refractivity contribution in [3.8, 4) is 0 Å². The average Bonchev–Trinajstić information content (AvgIpc) is 2.41. The Morgan fingerprint density at radius 2 is 1.78 bits per heavy atom. The first kappa shape index (κ1) is 19.2. The quantitative estimate of drug-likeness (QED) is 0.706. The molecule has 0 heterocycles. The molecule has 0 aliphatic carbocycles. The second-order valence-electron chi connectivity index (χ2n) is 5.59. The van der Waals surface area contributed by atoms with Crippen molar-refractivity contribution >= 4 is 21.8 Å². The molecule has 0 unspecified atom stereocenters. The van der Waals surface area contributed by atoms with E-state index in [1.807, 2.05) is 6.92 Å². The Kier molecular flexibility index (Phi) is 7.22. The molecule has 23 heavy (non-hydrogen) atoms. The lowest BCUT2D eigenvalue weighted by atomic mass is 10.2. The normalized spacial score (nSPS) is 11.1. The maximum atomic E-state index is 12.2. The highest BCUT2D eigenvalue weighted by Gasteiger charge is 2.19. The van der Waals surface area contributed by atoms with Crippen molar-refractivity contribution in [1.82, 2.24) is 10.0 Å². The van der Waals surface area contributed by atoms with Gasteiger partial charge >= 0.3 is 0 Å². The van der Waals surface area contributed by atoms with Crippen molar-refractivity contribution in [3.63, 3.8) is 0 Å². The van der Waals surface area contributed by atoms with Crippen molar-refractivity contribution in [1.29, 1.82) is 0 Å². The summed E-state index contributed by atoms with van der Waals surface area (Å²) in [4.78, 5) is 22.6. The van der Waals surface area contributed by atoms with Crippen LogP contribution in [0.5, 0.6) is 0 Å². The number of benzene rings is 1. The molecule has 0 bridgehead atoms. The van der Waals surface area contributed by atoms with E-state index in [-0.39, 0.29) is 17.2 Å². The zero-order valence-corrected chi connectivity index (χ0v) is 14.6. The van der Waals surface area contributed by atoms with Crippen molar-refractivity contribution < 1.29 is 18.0 Å². The van der Waals surface area contributed by atoms with Gasteiger partial charge in [-0.1, -0.05) is 24.1 Å². The summed E-state index contributed by atoms with van der Waals surface area (Å²) in [7, 11) is -3.82. The van der Waals surface area contributed by atoms with Crippen LogP contribution in [-0.2, 0) is 19.6 Å². The molecule has 0 aromatic heterocycles. The molecule has 2 amide bonds. The lowest BCUT2D eigenvalue weighted by Gasteiger charge is -2.10. The van der Waals surface area contributed by atoms with Crippen LogP contribution in [0.4, 0.5) is 0 Å². The lowest BCUT2D eigenvalue weighted by molar-refractivity contribution is -0.120. The highest BCUT2D eigenvalue weighted by atomic mass is 32.2. The number of unbranched alkanes of at least 4 members (excludes halogenated alkanes) is 2. The number of carbonyl (C=O) groups excluding carboxylic acids is 2. The van der Waals surface area contributed by atoms with Gasteiger partial charge in [0.05, 0.1) is 4.90 Å². The van der Waals surface area contributed by atoms with Gasteiger partial charge in [0, 0.05) is 19.9 Å². The van der Waals surface area contributed by atoms with Crippen LogP contribution in [0.15, 0.2) is 23.1 Å². The fourth-order valence-electron chi connectivity index (χ4n) is 2.21. The van der Waals surface area contributed by atoms with Crippen LogP contribution in [0.3, 0.4) is 0 Å². The third-order valence-electron chi connectivity index (χ3n) is 3.32. The molecule has 1 aromatic rings. The minimum Gasteiger partial charge on any atom is -0.356 e. The van der Waals surface area contributed by atoms with Gasteiger partial charge in [-0.3, -0.25) is 9.59 Å². The lowest BCUT2D eigenvalue weighted by Crippen LogP contribution is -2.30. The fourth-order valence-corrected chi connectivity index (χ4v) is 3.45. The van der Waals surface area contributed by atoms with E-state index in [2.05, 4.69) is 10.0 Å². The van der Waals surface area contributed by atoms with E-state index in [0.717, 1.165) is 18.4 Å². The summed E-state index contributed by atoms with van der Waals surface area (Å²) in [5.41, 5.74) is 1.58. The number of hydrogen-bond donors (Lipinski definition) is 2. The van der Waals surface area contributed by atoms with Crippen molar-refractivity contribution in [3.05, 3.63) is 29.3 Å². The first-order valence-corrected chi connectivity index (χ1v) is 9.08. The van der Waals surface area contributed by atoms with E-state index < -0.39 is 15.9 Å². The van der Waals surface area contributed by atoms with Gasteiger partial charge in [0.1, 0.15) is 0 Å². The van der Waals surface area contributed by atoms with E-state index in [4.69, 9.17) is 0 Å². The molecule has 1 rings (SSSR count). The van der Waals surface area contributed by atoms with E-state index >= 15 is 0 Å². The van der Waals surface area contributed by atoms with Gasteiger partial charge in [-0.15, -0.1) is 0 Å². The third-order valence-corrected chi connectivity index (χ3v) is 4.86. The summed E-state index contributed by atoms with van der Waals surface area (Å²) in [6, 6.07) is 4.98. The Hall–Kier alpha value is -1.89. The number of rotatable bonds is 8. The topological polar surface area (TPSA) is 92.3 Å². The van der Waals surface area contributed by atoms with Crippen LogP contribution in [0.25, 0.3) is 0 Å². The van der Waals surface area contributed by atoms with Crippen LogP contribution < -0.4 is 10.0 Å². The van der Waals surface area contributed by atoms with Crippen molar-refractivity contribution in [2.75, 3.05) is 6.54 Å². The maximum absolute atomic E-state index is 12.2. The largest absolute Gasteiger partial charge is 0.356 e. The first-order valence-electron chi connectivity index (χ1n) is 7.59.